The van der Waals surface area contributed by atoms with Gasteiger partial charge in [0.1, 0.15) is 0 Å². The van der Waals surface area contributed by atoms with Gasteiger partial charge in [-0.1, -0.05) is 69.6 Å². The van der Waals surface area contributed by atoms with Crippen LogP contribution in [-0.4, -0.2) is 16.8 Å². The number of aromatic nitrogens is 1. The number of benzene rings is 2. The van der Waals surface area contributed by atoms with Crippen LogP contribution in [-0.2, 0) is 20.8 Å². The number of hydrogen-bond acceptors (Lipinski definition) is 5. The molecule has 6 heteroatoms. The molecule has 3 aromatic rings. The van der Waals surface area contributed by atoms with Crippen LogP contribution < -0.4 is 4.90 Å². The SMILES string of the molecule is CC(C)(C)c1ccc(CSc2nc3ccc(N4C(=O)[C@@H]5CCCC[C@H]5C4=O)cc3s2)cc1. The molecule has 1 aliphatic carbocycles. The Bertz CT molecular complexity index is 1150. The van der Waals surface area contributed by atoms with Crippen molar-refractivity contribution in [2.45, 2.75) is 62.0 Å². The van der Waals surface area contributed by atoms with E-state index in [4.69, 9.17) is 4.98 Å². The zero-order chi connectivity index (χ0) is 22.5. The van der Waals surface area contributed by atoms with Gasteiger partial charge in [0, 0.05) is 5.75 Å². The van der Waals surface area contributed by atoms with Crippen molar-refractivity contribution in [1.29, 1.82) is 0 Å². The minimum absolute atomic E-state index is 0.0168. The first-order valence-electron chi connectivity index (χ1n) is 11.3. The largest absolute Gasteiger partial charge is 0.274 e. The Morgan fingerprint density at radius 2 is 1.66 bits per heavy atom. The first-order chi connectivity index (χ1) is 15.3. The number of nitrogens with zero attached hydrogens (tertiary/aromatic N) is 2. The average molecular weight is 465 g/mol. The van der Waals surface area contributed by atoms with E-state index in [1.54, 1.807) is 23.1 Å². The van der Waals surface area contributed by atoms with Crippen LogP contribution in [0, 0.1) is 11.8 Å². The summed E-state index contributed by atoms with van der Waals surface area (Å²) < 4.78 is 2.02. The fraction of sp³-hybridized carbons (Fsp3) is 0.423. The van der Waals surface area contributed by atoms with Crippen molar-refractivity contribution in [2.24, 2.45) is 11.8 Å². The number of fused-ring (bicyclic) bond motifs is 2. The lowest BCUT2D eigenvalue weighted by Gasteiger charge is -2.19. The minimum atomic E-state index is -0.121. The number of amides is 2. The molecular formula is C26H28N2O2S2. The Labute approximate surface area is 197 Å². The van der Waals surface area contributed by atoms with Crippen molar-refractivity contribution in [2.75, 3.05) is 4.90 Å². The van der Waals surface area contributed by atoms with Crippen LogP contribution in [0.2, 0.25) is 0 Å². The molecule has 2 atom stereocenters. The van der Waals surface area contributed by atoms with Crippen molar-refractivity contribution in [3.05, 3.63) is 53.6 Å². The molecule has 2 heterocycles. The molecule has 0 radical (unpaired) electrons. The van der Waals surface area contributed by atoms with Gasteiger partial charge >= 0.3 is 0 Å². The summed E-state index contributed by atoms with van der Waals surface area (Å²) >= 11 is 3.36. The maximum absolute atomic E-state index is 12.9. The summed E-state index contributed by atoms with van der Waals surface area (Å²) in [4.78, 5) is 32.0. The second kappa shape index (κ2) is 8.31. The molecule has 0 unspecified atom stereocenters. The minimum Gasteiger partial charge on any atom is -0.274 e. The maximum Gasteiger partial charge on any atom is 0.237 e. The van der Waals surface area contributed by atoms with Gasteiger partial charge in [-0.05, 0) is 47.6 Å². The van der Waals surface area contributed by atoms with Crippen LogP contribution in [0.5, 0.6) is 0 Å². The third kappa shape index (κ3) is 3.99. The molecule has 1 aliphatic heterocycles. The standard InChI is InChI=1S/C26H28N2O2S2/c1-26(2,3)17-10-8-16(9-11-17)15-31-25-27-21-13-12-18(14-22(21)32-25)28-23(29)19-6-4-5-7-20(19)24(28)30/h8-14,19-20H,4-7,15H2,1-3H3/t19-,20-/m1/s1. The lowest BCUT2D eigenvalue weighted by molar-refractivity contribution is -0.122. The fourth-order valence-corrected chi connectivity index (χ4v) is 6.81. The quantitative estimate of drug-likeness (QED) is 0.324. The van der Waals surface area contributed by atoms with Crippen molar-refractivity contribution >= 4 is 50.8 Å². The zero-order valence-corrected chi connectivity index (χ0v) is 20.4. The van der Waals surface area contributed by atoms with Crippen LogP contribution >= 0.6 is 23.1 Å². The Hall–Kier alpha value is -2.18. The van der Waals surface area contributed by atoms with E-state index in [-0.39, 0.29) is 29.1 Å². The number of imide groups is 1. The van der Waals surface area contributed by atoms with Gasteiger partial charge in [-0.3, -0.25) is 14.5 Å². The first-order valence-corrected chi connectivity index (χ1v) is 13.1. The molecule has 5 rings (SSSR count). The van der Waals surface area contributed by atoms with E-state index >= 15 is 0 Å². The van der Waals surface area contributed by atoms with E-state index in [9.17, 15) is 9.59 Å². The van der Waals surface area contributed by atoms with Gasteiger partial charge in [0.15, 0.2) is 4.34 Å². The maximum atomic E-state index is 12.9. The molecule has 2 aliphatic rings. The number of carbonyl (C=O) groups is 2. The van der Waals surface area contributed by atoms with Gasteiger partial charge in [0.2, 0.25) is 11.8 Å². The van der Waals surface area contributed by atoms with Crippen molar-refractivity contribution in [3.8, 4) is 0 Å². The normalized spacial score (nSPS) is 21.4. The summed E-state index contributed by atoms with van der Waals surface area (Å²) in [6.45, 7) is 6.68. The van der Waals surface area contributed by atoms with Gasteiger partial charge in [-0.2, -0.15) is 0 Å². The highest BCUT2D eigenvalue weighted by Gasteiger charge is 2.48. The van der Waals surface area contributed by atoms with E-state index in [0.717, 1.165) is 46.0 Å². The topological polar surface area (TPSA) is 50.3 Å². The fourth-order valence-electron chi connectivity index (χ4n) is 4.76. The summed E-state index contributed by atoms with van der Waals surface area (Å²) in [6, 6.07) is 14.6. The summed E-state index contributed by atoms with van der Waals surface area (Å²) in [5.74, 6) is 0.589. The van der Waals surface area contributed by atoms with Crippen LogP contribution in [0.25, 0.3) is 10.2 Å². The Balaban J connectivity index is 1.32. The van der Waals surface area contributed by atoms with E-state index in [1.807, 2.05) is 18.2 Å². The summed E-state index contributed by atoms with van der Waals surface area (Å²) in [5, 5.41) is 0. The van der Waals surface area contributed by atoms with Gasteiger partial charge in [0.25, 0.3) is 0 Å². The monoisotopic (exact) mass is 464 g/mol. The molecule has 1 saturated carbocycles. The van der Waals surface area contributed by atoms with Crippen LogP contribution in [0.1, 0.15) is 57.6 Å². The predicted octanol–water partition coefficient (Wildman–Crippen LogP) is 6.57. The number of thioether (sulfide) groups is 1. The van der Waals surface area contributed by atoms with E-state index in [2.05, 4.69) is 45.0 Å². The van der Waals surface area contributed by atoms with Gasteiger partial charge in [-0.15, -0.1) is 11.3 Å². The van der Waals surface area contributed by atoms with Crippen molar-refractivity contribution in [3.63, 3.8) is 0 Å². The summed E-state index contributed by atoms with van der Waals surface area (Å²) in [7, 11) is 0. The van der Waals surface area contributed by atoms with Crippen LogP contribution in [0.3, 0.4) is 0 Å². The summed E-state index contributed by atoms with van der Waals surface area (Å²) in [6.07, 6.45) is 3.76. The number of carbonyl (C=O) groups excluding carboxylic acids is 2. The molecule has 0 N–H and O–H groups in total. The lowest BCUT2D eigenvalue weighted by atomic mass is 9.81. The molecular weight excluding hydrogens is 436 g/mol. The molecule has 4 nitrogen and oxygen atoms in total. The Morgan fingerprint density at radius 1 is 1.00 bits per heavy atom. The zero-order valence-electron chi connectivity index (χ0n) is 18.8. The number of anilines is 1. The molecule has 166 valence electrons. The average Bonchev–Trinajstić information content (AvgIpc) is 3.30. The molecule has 0 spiro atoms. The Kier molecular flexibility index (Phi) is 5.62. The van der Waals surface area contributed by atoms with Crippen molar-refractivity contribution < 1.29 is 9.59 Å². The molecule has 1 saturated heterocycles. The van der Waals surface area contributed by atoms with Crippen molar-refractivity contribution in [1.82, 2.24) is 4.98 Å². The van der Waals surface area contributed by atoms with Crippen LogP contribution in [0.4, 0.5) is 5.69 Å². The van der Waals surface area contributed by atoms with E-state index < -0.39 is 0 Å². The second-order valence-electron chi connectivity index (χ2n) is 9.88. The third-order valence-corrected chi connectivity index (χ3v) is 8.87. The molecule has 0 bridgehead atoms. The molecule has 2 amide bonds. The summed E-state index contributed by atoms with van der Waals surface area (Å²) in [5.41, 5.74) is 4.39. The number of thiazole rings is 1. The molecule has 2 fully saturated rings. The molecule has 32 heavy (non-hydrogen) atoms. The Morgan fingerprint density at radius 3 is 2.28 bits per heavy atom. The number of rotatable bonds is 4. The van der Waals surface area contributed by atoms with Crippen LogP contribution in [0.15, 0.2) is 46.8 Å². The molecule has 2 aromatic carbocycles. The smallest absolute Gasteiger partial charge is 0.237 e. The van der Waals surface area contributed by atoms with Gasteiger partial charge < -0.3 is 0 Å². The highest BCUT2D eigenvalue weighted by Crippen LogP contribution is 2.41. The highest BCUT2D eigenvalue weighted by molar-refractivity contribution is 8.00. The highest BCUT2D eigenvalue weighted by atomic mass is 32.2. The first kappa shape index (κ1) is 21.7. The number of hydrogen-bond donors (Lipinski definition) is 0. The second-order valence-corrected chi connectivity index (χ2v) is 12.1. The lowest BCUT2D eigenvalue weighted by Crippen LogP contribution is -2.30. The van der Waals surface area contributed by atoms with Gasteiger partial charge in [-0.25, -0.2) is 4.98 Å². The van der Waals surface area contributed by atoms with E-state index in [1.165, 1.54) is 16.0 Å². The van der Waals surface area contributed by atoms with E-state index in [0.29, 0.717) is 5.69 Å². The third-order valence-electron chi connectivity index (χ3n) is 6.63. The predicted molar refractivity (Wildman–Crippen MR) is 132 cm³/mol. The van der Waals surface area contributed by atoms with Gasteiger partial charge in [0.05, 0.1) is 27.7 Å². The molecule has 1 aromatic heterocycles.